The Morgan fingerprint density at radius 1 is 1.03 bits per heavy atom. The molecule has 0 radical (unpaired) electrons. The molecule has 3 aromatic rings. The molecule has 1 atom stereocenters. The summed E-state index contributed by atoms with van der Waals surface area (Å²) in [7, 11) is 0. The van der Waals surface area contributed by atoms with Gasteiger partial charge < -0.3 is 9.80 Å². The molecule has 6 nitrogen and oxygen atoms in total. The molecule has 0 bridgehead atoms. The summed E-state index contributed by atoms with van der Waals surface area (Å²) in [6, 6.07) is 12.9. The summed E-state index contributed by atoms with van der Waals surface area (Å²) >= 11 is 0. The quantitative estimate of drug-likeness (QED) is 0.669. The normalized spacial score (nSPS) is 16.2. The lowest BCUT2D eigenvalue weighted by Crippen LogP contribution is -2.55. The SMILES string of the molecule is N#CC1CN(c2ncccn2)CCN1C(=O)c1ccccc1-c1ccc(F)cc1F. The predicted molar refractivity (Wildman–Crippen MR) is 106 cm³/mol. The average molecular weight is 405 g/mol. The third kappa shape index (κ3) is 3.70. The van der Waals surface area contributed by atoms with Gasteiger partial charge >= 0.3 is 0 Å². The monoisotopic (exact) mass is 405 g/mol. The van der Waals surface area contributed by atoms with Crippen LogP contribution in [0.15, 0.2) is 60.9 Å². The molecule has 1 unspecified atom stereocenters. The number of carbonyl (C=O) groups excluding carboxylic acids is 1. The zero-order valence-electron chi connectivity index (χ0n) is 15.9. The summed E-state index contributed by atoms with van der Waals surface area (Å²) in [6.45, 7) is 1.01. The predicted octanol–water partition coefficient (Wildman–Crippen LogP) is 3.28. The highest BCUT2D eigenvalue weighted by Crippen LogP contribution is 2.29. The summed E-state index contributed by atoms with van der Waals surface area (Å²) in [4.78, 5) is 25.0. The molecule has 4 rings (SSSR count). The maximum Gasteiger partial charge on any atom is 0.255 e. The van der Waals surface area contributed by atoms with Crippen molar-refractivity contribution in [3.8, 4) is 17.2 Å². The number of rotatable bonds is 3. The lowest BCUT2D eigenvalue weighted by molar-refractivity contribution is 0.0702. The van der Waals surface area contributed by atoms with E-state index in [2.05, 4.69) is 16.0 Å². The average Bonchev–Trinajstić information content (AvgIpc) is 2.79. The Morgan fingerprint density at radius 3 is 2.53 bits per heavy atom. The number of halogens is 2. The molecule has 1 aliphatic rings. The number of hydrogen-bond donors (Lipinski definition) is 0. The largest absolute Gasteiger partial charge is 0.336 e. The Hall–Kier alpha value is -3.86. The smallest absolute Gasteiger partial charge is 0.255 e. The van der Waals surface area contributed by atoms with E-state index >= 15 is 0 Å². The molecule has 0 N–H and O–H groups in total. The van der Waals surface area contributed by atoms with E-state index in [1.807, 2.05) is 4.90 Å². The van der Waals surface area contributed by atoms with Gasteiger partial charge in [0.25, 0.3) is 5.91 Å². The summed E-state index contributed by atoms with van der Waals surface area (Å²) < 4.78 is 27.7. The first-order chi connectivity index (χ1) is 14.6. The molecule has 2 aromatic carbocycles. The standard InChI is InChI=1S/C22H17F2N5O/c23-15-6-7-18(20(24)12-15)17-4-1-2-5-19(17)21(30)29-11-10-28(14-16(29)13-25)22-26-8-3-9-27-22/h1-9,12,16H,10-11,14H2. The van der Waals surface area contributed by atoms with E-state index in [1.54, 1.807) is 42.7 Å². The molecule has 8 heteroatoms. The summed E-state index contributed by atoms with van der Waals surface area (Å²) in [6.07, 6.45) is 3.24. The molecule has 1 amide bonds. The molecule has 30 heavy (non-hydrogen) atoms. The van der Waals surface area contributed by atoms with Crippen LogP contribution in [-0.2, 0) is 0 Å². The third-order valence-corrected chi connectivity index (χ3v) is 5.00. The zero-order valence-corrected chi connectivity index (χ0v) is 15.9. The van der Waals surface area contributed by atoms with Crippen LogP contribution in [0.5, 0.6) is 0 Å². The van der Waals surface area contributed by atoms with E-state index < -0.39 is 17.7 Å². The molecule has 1 saturated heterocycles. The first-order valence-electron chi connectivity index (χ1n) is 9.35. The fourth-order valence-corrected chi connectivity index (χ4v) is 3.54. The molecule has 0 saturated carbocycles. The van der Waals surface area contributed by atoms with Crippen molar-refractivity contribution in [3.05, 3.63) is 78.1 Å². The van der Waals surface area contributed by atoms with Gasteiger partial charge in [0.15, 0.2) is 0 Å². The molecule has 1 aromatic heterocycles. The Morgan fingerprint density at radius 2 is 1.80 bits per heavy atom. The number of nitriles is 1. The fourth-order valence-electron chi connectivity index (χ4n) is 3.54. The van der Waals surface area contributed by atoms with Crippen molar-refractivity contribution in [2.24, 2.45) is 0 Å². The van der Waals surface area contributed by atoms with Crippen molar-refractivity contribution >= 4 is 11.9 Å². The van der Waals surface area contributed by atoms with Crippen LogP contribution < -0.4 is 4.90 Å². The van der Waals surface area contributed by atoms with Crippen LogP contribution in [0.2, 0.25) is 0 Å². The van der Waals surface area contributed by atoms with Crippen LogP contribution in [0, 0.1) is 23.0 Å². The lowest BCUT2D eigenvalue weighted by atomic mass is 9.97. The van der Waals surface area contributed by atoms with E-state index in [9.17, 15) is 18.8 Å². The van der Waals surface area contributed by atoms with E-state index in [0.29, 0.717) is 18.1 Å². The van der Waals surface area contributed by atoms with Crippen LogP contribution in [0.4, 0.5) is 14.7 Å². The summed E-state index contributed by atoms with van der Waals surface area (Å²) in [5.74, 6) is -1.32. The summed E-state index contributed by atoms with van der Waals surface area (Å²) in [5.41, 5.74) is 0.739. The molecule has 0 aliphatic carbocycles. The molecule has 1 aliphatic heterocycles. The second-order valence-electron chi connectivity index (χ2n) is 6.81. The highest BCUT2D eigenvalue weighted by Gasteiger charge is 2.33. The van der Waals surface area contributed by atoms with Crippen molar-refractivity contribution in [2.45, 2.75) is 6.04 Å². The van der Waals surface area contributed by atoms with Gasteiger partial charge in [0.2, 0.25) is 5.95 Å². The van der Waals surface area contributed by atoms with Gasteiger partial charge in [-0.3, -0.25) is 4.79 Å². The number of carbonyl (C=O) groups is 1. The van der Waals surface area contributed by atoms with E-state index in [1.165, 1.54) is 11.0 Å². The Labute approximate surface area is 172 Å². The molecular formula is C22H17F2N5O. The molecule has 0 spiro atoms. The van der Waals surface area contributed by atoms with Gasteiger partial charge in [-0.15, -0.1) is 0 Å². The highest BCUT2D eigenvalue weighted by atomic mass is 19.1. The third-order valence-electron chi connectivity index (χ3n) is 5.00. The van der Waals surface area contributed by atoms with Crippen LogP contribution in [-0.4, -0.2) is 46.5 Å². The van der Waals surface area contributed by atoms with Crippen molar-refractivity contribution < 1.29 is 13.6 Å². The Balaban J connectivity index is 1.63. The minimum absolute atomic E-state index is 0.130. The number of amides is 1. The van der Waals surface area contributed by atoms with Gasteiger partial charge in [-0.05, 0) is 29.8 Å². The van der Waals surface area contributed by atoms with Crippen molar-refractivity contribution in [3.63, 3.8) is 0 Å². The van der Waals surface area contributed by atoms with E-state index in [-0.39, 0.29) is 30.1 Å². The van der Waals surface area contributed by atoms with Crippen molar-refractivity contribution in [1.82, 2.24) is 14.9 Å². The van der Waals surface area contributed by atoms with Gasteiger partial charge in [-0.25, -0.2) is 18.7 Å². The fraction of sp³-hybridized carbons (Fsp3) is 0.182. The van der Waals surface area contributed by atoms with Gasteiger partial charge in [0.1, 0.15) is 17.7 Å². The first-order valence-corrected chi connectivity index (χ1v) is 9.35. The number of benzene rings is 2. The number of aromatic nitrogens is 2. The van der Waals surface area contributed by atoms with Crippen LogP contribution >= 0.6 is 0 Å². The van der Waals surface area contributed by atoms with Gasteiger partial charge in [0, 0.05) is 42.7 Å². The number of piperazine rings is 1. The van der Waals surface area contributed by atoms with E-state index in [4.69, 9.17) is 0 Å². The first kappa shape index (κ1) is 19.5. The minimum Gasteiger partial charge on any atom is -0.336 e. The van der Waals surface area contributed by atoms with E-state index in [0.717, 1.165) is 12.1 Å². The van der Waals surface area contributed by atoms with Crippen LogP contribution in [0.25, 0.3) is 11.1 Å². The minimum atomic E-state index is -0.752. The molecule has 1 fully saturated rings. The highest BCUT2D eigenvalue weighted by molar-refractivity contribution is 6.01. The Bertz CT molecular complexity index is 1120. The topological polar surface area (TPSA) is 73.1 Å². The van der Waals surface area contributed by atoms with Gasteiger partial charge in [0.05, 0.1) is 12.6 Å². The second-order valence-corrected chi connectivity index (χ2v) is 6.81. The van der Waals surface area contributed by atoms with Crippen LogP contribution in [0.1, 0.15) is 10.4 Å². The maximum absolute atomic E-state index is 14.4. The van der Waals surface area contributed by atoms with Gasteiger partial charge in [-0.2, -0.15) is 5.26 Å². The number of nitrogens with zero attached hydrogens (tertiary/aromatic N) is 5. The second kappa shape index (κ2) is 8.25. The maximum atomic E-state index is 14.4. The van der Waals surface area contributed by atoms with Crippen LogP contribution in [0.3, 0.4) is 0 Å². The lowest BCUT2D eigenvalue weighted by Gasteiger charge is -2.38. The number of hydrogen-bond acceptors (Lipinski definition) is 5. The number of anilines is 1. The molecular weight excluding hydrogens is 388 g/mol. The van der Waals surface area contributed by atoms with Crippen molar-refractivity contribution in [1.29, 1.82) is 5.26 Å². The zero-order chi connectivity index (χ0) is 21.1. The van der Waals surface area contributed by atoms with Crippen molar-refractivity contribution in [2.75, 3.05) is 24.5 Å². The summed E-state index contributed by atoms with van der Waals surface area (Å²) in [5, 5.41) is 9.67. The molecule has 150 valence electrons. The molecule has 2 heterocycles. The Kier molecular flexibility index (Phi) is 5.35. The van der Waals surface area contributed by atoms with Gasteiger partial charge in [-0.1, -0.05) is 18.2 Å².